The van der Waals surface area contributed by atoms with Crippen LogP contribution in [0.1, 0.15) is 53.5 Å². The molecular formula is C21H23N3O2S2. The first kappa shape index (κ1) is 18.1. The lowest BCUT2D eigenvalue weighted by molar-refractivity contribution is -0.132. The van der Waals surface area contributed by atoms with Gasteiger partial charge in [0, 0.05) is 29.3 Å². The second-order valence-corrected chi connectivity index (χ2v) is 9.71. The minimum atomic E-state index is 0.0217. The molecule has 28 heavy (non-hydrogen) atoms. The molecule has 4 heterocycles. The molecule has 0 N–H and O–H groups in total. The van der Waals surface area contributed by atoms with E-state index in [1.165, 1.54) is 21.7 Å². The predicted octanol–water partition coefficient (Wildman–Crippen LogP) is 4.15. The van der Waals surface area contributed by atoms with Crippen LogP contribution in [0.5, 0.6) is 0 Å². The molecule has 0 bridgehead atoms. The fourth-order valence-electron chi connectivity index (χ4n) is 4.54. The molecule has 0 unspecified atom stereocenters. The van der Waals surface area contributed by atoms with E-state index in [4.69, 9.17) is 0 Å². The summed E-state index contributed by atoms with van der Waals surface area (Å²) in [6.07, 6.45) is 8.43. The van der Waals surface area contributed by atoms with Crippen LogP contribution in [0.25, 0.3) is 10.2 Å². The molecule has 1 amide bonds. The van der Waals surface area contributed by atoms with Crippen LogP contribution in [-0.2, 0) is 24.2 Å². The van der Waals surface area contributed by atoms with E-state index in [2.05, 4.69) is 16.4 Å². The molecule has 3 aromatic rings. The van der Waals surface area contributed by atoms with Crippen molar-refractivity contribution < 1.29 is 4.79 Å². The van der Waals surface area contributed by atoms with E-state index < -0.39 is 0 Å². The molecule has 1 aliphatic heterocycles. The topological polar surface area (TPSA) is 55.2 Å². The minimum absolute atomic E-state index is 0.0217. The molecule has 2 aliphatic rings. The zero-order valence-electron chi connectivity index (χ0n) is 15.7. The van der Waals surface area contributed by atoms with Crippen LogP contribution in [0.3, 0.4) is 0 Å². The number of nitrogens with zero attached hydrogens (tertiary/aromatic N) is 3. The number of carbonyl (C=O) groups is 1. The molecule has 1 atom stereocenters. The monoisotopic (exact) mass is 413 g/mol. The molecule has 0 radical (unpaired) electrons. The number of hydrogen-bond acceptors (Lipinski definition) is 5. The number of aromatic nitrogens is 2. The van der Waals surface area contributed by atoms with E-state index >= 15 is 0 Å². The molecule has 0 spiro atoms. The van der Waals surface area contributed by atoms with Crippen LogP contribution in [-0.4, -0.2) is 26.9 Å². The Labute approximate surface area is 171 Å². The number of amides is 1. The summed E-state index contributed by atoms with van der Waals surface area (Å²) in [7, 11) is 0. The number of rotatable bonds is 4. The Hall–Kier alpha value is -1.99. The second kappa shape index (κ2) is 7.44. The summed E-state index contributed by atoms with van der Waals surface area (Å²) in [6, 6.07) is 4.36. The van der Waals surface area contributed by atoms with Gasteiger partial charge in [-0.2, -0.15) is 0 Å². The Balaban J connectivity index is 1.35. The molecule has 5 rings (SSSR count). The predicted molar refractivity (Wildman–Crippen MR) is 113 cm³/mol. The molecule has 3 aromatic heterocycles. The SMILES string of the molecule is O=C(CCn1cnc2sc3c(c2c1=O)CCCC3)N1CCC[C@@H]1c1cccs1. The van der Waals surface area contributed by atoms with Gasteiger partial charge in [-0.15, -0.1) is 22.7 Å². The van der Waals surface area contributed by atoms with E-state index in [9.17, 15) is 9.59 Å². The third-order valence-electron chi connectivity index (χ3n) is 5.95. The quantitative estimate of drug-likeness (QED) is 0.646. The summed E-state index contributed by atoms with van der Waals surface area (Å²) < 4.78 is 1.64. The molecule has 146 valence electrons. The third-order valence-corrected chi connectivity index (χ3v) is 8.13. The van der Waals surface area contributed by atoms with Crippen molar-refractivity contribution >= 4 is 38.8 Å². The van der Waals surface area contributed by atoms with Crippen LogP contribution in [0.2, 0.25) is 0 Å². The van der Waals surface area contributed by atoms with Gasteiger partial charge in [-0.05, 0) is 55.5 Å². The van der Waals surface area contributed by atoms with Gasteiger partial charge in [-0.1, -0.05) is 6.07 Å². The van der Waals surface area contributed by atoms with Crippen molar-refractivity contribution in [3.8, 4) is 0 Å². The summed E-state index contributed by atoms with van der Waals surface area (Å²) in [6.45, 7) is 1.21. The van der Waals surface area contributed by atoms with E-state index in [1.807, 2.05) is 11.0 Å². The normalized spacial score (nSPS) is 19.3. The van der Waals surface area contributed by atoms with Crippen molar-refractivity contribution in [2.45, 2.75) is 57.5 Å². The first-order valence-corrected chi connectivity index (χ1v) is 11.7. The smallest absolute Gasteiger partial charge is 0.262 e. The maximum Gasteiger partial charge on any atom is 0.262 e. The maximum atomic E-state index is 13.1. The van der Waals surface area contributed by atoms with Gasteiger partial charge in [0.1, 0.15) is 4.83 Å². The average Bonchev–Trinajstić information content (AvgIpc) is 3.45. The summed E-state index contributed by atoms with van der Waals surface area (Å²) in [5.74, 6) is 0.134. The highest BCUT2D eigenvalue weighted by Crippen LogP contribution is 2.35. The van der Waals surface area contributed by atoms with E-state index in [1.54, 1.807) is 33.6 Å². The van der Waals surface area contributed by atoms with Gasteiger partial charge >= 0.3 is 0 Å². The van der Waals surface area contributed by atoms with Crippen molar-refractivity contribution in [3.63, 3.8) is 0 Å². The molecule has 0 saturated carbocycles. The second-order valence-electron chi connectivity index (χ2n) is 7.64. The number of carbonyl (C=O) groups excluding carboxylic acids is 1. The summed E-state index contributed by atoms with van der Waals surface area (Å²) >= 11 is 3.38. The third kappa shape index (κ3) is 3.10. The van der Waals surface area contributed by atoms with Crippen molar-refractivity contribution in [3.05, 3.63) is 49.5 Å². The molecule has 0 aromatic carbocycles. The van der Waals surface area contributed by atoms with Crippen LogP contribution in [0.15, 0.2) is 28.6 Å². The van der Waals surface area contributed by atoms with Gasteiger partial charge in [0.2, 0.25) is 5.91 Å². The van der Waals surface area contributed by atoms with E-state index in [-0.39, 0.29) is 17.5 Å². The van der Waals surface area contributed by atoms with Gasteiger partial charge in [0.25, 0.3) is 5.56 Å². The zero-order valence-corrected chi connectivity index (χ0v) is 17.4. The van der Waals surface area contributed by atoms with E-state index in [0.29, 0.717) is 13.0 Å². The maximum absolute atomic E-state index is 13.1. The van der Waals surface area contributed by atoms with Crippen LogP contribution in [0, 0.1) is 0 Å². The summed E-state index contributed by atoms with van der Waals surface area (Å²) in [5.41, 5.74) is 1.23. The van der Waals surface area contributed by atoms with Crippen LogP contribution >= 0.6 is 22.7 Å². The van der Waals surface area contributed by atoms with Crippen LogP contribution in [0.4, 0.5) is 0 Å². The van der Waals surface area contributed by atoms with Gasteiger partial charge in [-0.25, -0.2) is 4.98 Å². The van der Waals surface area contributed by atoms with E-state index in [0.717, 1.165) is 48.9 Å². The Morgan fingerprint density at radius 2 is 2.14 bits per heavy atom. The number of likely N-dealkylation sites (tertiary alicyclic amines) is 1. The highest BCUT2D eigenvalue weighted by molar-refractivity contribution is 7.18. The largest absolute Gasteiger partial charge is 0.335 e. The first-order chi connectivity index (χ1) is 13.7. The highest BCUT2D eigenvalue weighted by Gasteiger charge is 2.30. The lowest BCUT2D eigenvalue weighted by atomic mass is 9.97. The lowest BCUT2D eigenvalue weighted by Crippen LogP contribution is -2.32. The van der Waals surface area contributed by atoms with Gasteiger partial charge in [0.05, 0.1) is 17.8 Å². The Morgan fingerprint density at radius 1 is 1.25 bits per heavy atom. The average molecular weight is 414 g/mol. The highest BCUT2D eigenvalue weighted by atomic mass is 32.1. The van der Waals surface area contributed by atoms with Crippen molar-refractivity contribution in [2.24, 2.45) is 0 Å². The summed E-state index contributed by atoms with van der Waals surface area (Å²) in [4.78, 5) is 35.9. The van der Waals surface area contributed by atoms with Gasteiger partial charge in [0.15, 0.2) is 0 Å². The van der Waals surface area contributed by atoms with Crippen molar-refractivity contribution in [1.82, 2.24) is 14.5 Å². The molecule has 1 aliphatic carbocycles. The van der Waals surface area contributed by atoms with Crippen LogP contribution < -0.4 is 5.56 Å². The number of hydrogen-bond donors (Lipinski definition) is 0. The number of aryl methyl sites for hydroxylation is 3. The lowest BCUT2D eigenvalue weighted by Gasteiger charge is -2.24. The minimum Gasteiger partial charge on any atom is -0.335 e. The van der Waals surface area contributed by atoms with Gasteiger partial charge < -0.3 is 4.90 Å². The zero-order chi connectivity index (χ0) is 19.1. The number of fused-ring (bicyclic) bond motifs is 3. The van der Waals surface area contributed by atoms with Gasteiger partial charge in [-0.3, -0.25) is 14.2 Å². The fraction of sp³-hybridized carbons (Fsp3) is 0.476. The molecule has 1 fully saturated rings. The first-order valence-electron chi connectivity index (χ1n) is 10.0. The summed E-state index contributed by atoms with van der Waals surface area (Å²) in [5, 5.41) is 2.87. The standard InChI is InChI=1S/C21H23N3O2S2/c25-18(24-10-3-6-15(24)17-8-4-12-27-17)9-11-23-13-22-20-19(21(23)26)14-5-1-2-7-16(14)28-20/h4,8,12-13,15H,1-3,5-7,9-11H2/t15-/m1/s1. The molecule has 1 saturated heterocycles. The Bertz CT molecular complexity index is 1070. The molecule has 5 nitrogen and oxygen atoms in total. The molecule has 7 heteroatoms. The van der Waals surface area contributed by atoms with Crippen molar-refractivity contribution in [2.75, 3.05) is 6.54 Å². The number of thiophene rings is 2. The molecular weight excluding hydrogens is 390 g/mol. The van der Waals surface area contributed by atoms with Crippen molar-refractivity contribution in [1.29, 1.82) is 0 Å². The Morgan fingerprint density at radius 3 is 3.00 bits per heavy atom. The fourth-order valence-corrected chi connectivity index (χ4v) is 6.64. The Kier molecular flexibility index (Phi) is 4.80.